The standard InChI is InChI=1S/C26H30N2O3/c1-4-17-31-22-13-9-20(10-14-22)23-24(27-15-5-6-16-27)26(30)28(25(23)29)21-11-7-19(8-12-21)18(2)3/h7-14,18H,4-6,15-17H2,1-3H3. The van der Waals surface area contributed by atoms with Crippen LogP contribution >= 0.6 is 0 Å². The summed E-state index contributed by atoms with van der Waals surface area (Å²) in [5, 5.41) is 0. The minimum Gasteiger partial charge on any atom is -0.494 e. The number of rotatable bonds is 7. The lowest BCUT2D eigenvalue weighted by Crippen LogP contribution is -2.34. The summed E-state index contributed by atoms with van der Waals surface area (Å²) in [6, 6.07) is 15.2. The molecule has 2 heterocycles. The SMILES string of the molecule is CCCOc1ccc(C2=C(N3CCCC3)C(=O)N(c3ccc(C(C)C)cc3)C2=O)cc1. The Labute approximate surface area is 184 Å². The highest BCUT2D eigenvalue weighted by atomic mass is 16.5. The summed E-state index contributed by atoms with van der Waals surface area (Å²) >= 11 is 0. The van der Waals surface area contributed by atoms with Gasteiger partial charge in [0, 0.05) is 13.1 Å². The molecule has 4 rings (SSSR count). The van der Waals surface area contributed by atoms with Crippen molar-refractivity contribution in [2.24, 2.45) is 0 Å². The number of nitrogens with zero attached hydrogens (tertiary/aromatic N) is 2. The van der Waals surface area contributed by atoms with Gasteiger partial charge in [0.1, 0.15) is 11.4 Å². The van der Waals surface area contributed by atoms with Crippen LogP contribution in [-0.4, -0.2) is 36.4 Å². The average Bonchev–Trinajstić information content (AvgIpc) is 3.39. The number of imide groups is 1. The molecule has 31 heavy (non-hydrogen) atoms. The molecule has 2 amide bonds. The largest absolute Gasteiger partial charge is 0.494 e. The number of hydrogen-bond acceptors (Lipinski definition) is 4. The Morgan fingerprint density at radius 3 is 2.13 bits per heavy atom. The van der Waals surface area contributed by atoms with E-state index < -0.39 is 0 Å². The number of anilines is 1. The molecule has 2 aromatic rings. The quantitative estimate of drug-likeness (QED) is 0.595. The van der Waals surface area contributed by atoms with Crippen molar-refractivity contribution in [1.82, 2.24) is 4.90 Å². The van der Waals surface area contributed by atoms with Crippen molar-refractivity contribution in [2.75, 3.05) is 24.6 Å². The number of hydrogen-bond donors (Lipinski definition) is 0. The summed E-state index contributed by atoms with van der Waals surface area (Å²) in [5.41, 5.74) is 3.57. The second-order valence-electron chi connectivity index (χ2n) is 8.48. The zero-order chi connectivity index (χ0) is 22.0. The molecule has 0 bridgehead atoms. The fourth-order valence-corrected chi connectivity index (χ4v) is 4.19. The second-order valence-corrected chi connectivity index (χ2v) is 8.48. The maximum absolute atomic E-state index is 13.5. The third-order valence-corrected chi connectivity index (χ3v) is 5.92. The van der Waals surface area contributed by atoms with E-state index in [1.54, 1.807) is 0 Å². The van der Waals surface area contributed by atoms with Crippen LogP contribution in [0, 0.1) is 0 Å². The topological polar surface area (TPSA) is 49.9 Å². The fourth-order valence-electron chi connectivity index (χ4n) is 4.19. The minimum absolute atomic E-state index is 0.231. The van der Waals surface area contributed by atoms with E-state index >= 15 is 0 Å². The Balaban J connectivity index is 1.71. The van der Waals surface area contributed by atoms with E-state index in [1.165, 1.54) is 10.5 Å². The molecule has 0 aliphatic carbocycles. The third kappa shape index (κ3) is 4.09. The molecule has 2 aliphatic heterocycles. The molecule has 2 aromatic carbocycles. The lowest BCUT2D eigenvalue weighted by molar-refractivity contribution is -0.120. The highest BCUT2D eigenvalue weighted by Gasteiger charge is 2.42. The summed E-state index contributed by atoms with van der Waals surface area (Å²) < 4.78 is 5.68. The van der Waals surface area contributed by atoms with Gasteiger partial charge >= 0.3 is 0 Å². The number of ether oxygens (including phenoxy) is 1. The zero-order valence-electron chi connectivity index (χ0n) is 18.6. The first kappa shape index (κ1) is 21.2. The van der Waals surface area contributed by atoms with Crippen LogP contribution in [-0.2, 0) is 9.59 Å². The Morgan fingerprint density at radius 1 is 0.903 bits per heavy atom. The molecule has 5 nitrogen and oxygen atoms in total. The first-order valence-corrected chi connectivity index (χ1v) is 11.2. The lowest BCUT2D eigenvalue weighted by Gasteiger charge is -2.20. The summed E-state index contributed by atoms with van der Waals surface area (Å²) in [5.74, 6) is 0.671. The smallest absolute Gasteiger partial charge is 0.282 e. The van der Waals surface area contributed by atoms with Gasteiger partial charge < -0.3 is 9.64 Å². The van der Waals surface area contributed by atoms with Crippen molar-refractivity contribution >= 4 is 23.1 Å². The van der Waals surface area contributed by atoms with Crippen molar-refractivity contribution in [3.8, 4) is 5.75 Å². The highest BCUT2D eigenvalue weighted by molar-refractivity contribution is 6.45. The number of benzene rings is 2. The predicted octanol–water partition coefficient (Wildman–Crippen LogP) is 4.98. The van der Waals surface area contributed by atoms with E-state index in [1.807, 2.05) is 48.5 Å². The van der Waals surface area contributed by atoms with Crippen LogP contribution < -0.4 is 9.64 Å². The first-order valence-electron chi connectivity index (χ1n) is 11.2. The van der Waals surface area contributed by atoms with Gasteiger partial charge in [-0.1, -0.05) is 45.0 Å². The maximum atomic E-state index is 13.5. The molecule has 2 aliphatic rings. The summed E-state index contributed by atoms with van der Waals surface area (Å²) in [4.78, 5) is 30.4. The average molecular weight is 419 g/mol. The van der Waals surface area contributed by atoms with Gasteiger partial charge in [-0.2, -0.15) is 0 Å². The molecule has 0 unspecified atom stereocenters. The number of carbonyl (C=O) groups is 2. The van der Waals surface area contributed by atoms with Gasteiger partial charge in [-0.05, 0) is 60.6 Å². The van der Waals surface area contributed by atoms with E-state index in [2.05, 4.69) is 25.7 Å². The van der Waals surface area contributed by atoms with Gasteiger partial charge in [0.25, 0.3) is 11.8 Å². The van der Waals surface area contributed by atoms with Crippen molar-refractivity contribution in [2.45, 2.75) is 46.0 Å². The fraction of sp³-hybridized carbons (Fsp3) is 0.385. The molecular formula is C26H30N2O3. The van der Waals surface area contributed by atoms with Gasteiger partial charge in [-0.3, -0.25) is 9.59 Å². The molecule has 5 heteroatoms. The van der Waals surface area contributed by atoms with E-state index in [4.69, 9.17) is 4.74 Å². The first-order chi connectivity index (χ1) is 15.0. The van der Waals surface area contributed by atoms with E-state index in [0.717, 1.165) is 43.7 Å². The molecule has 0 radical (unpaired) electrons. The number of carbonyl (C=O) groups excluding carboxylic acids is 2. The predicted molar refractivity (Wildman–Crippen MR) is 123 cm³/mol. The van der Waals surface area contributed by atoms with Crippen LogP contribution in [0.15, 0.2) is 54.2 Å². The van der Waals surface area contributed by atoms with Crippen molar-refractivity contribution < 1.29 is 14.3 Å². The molecule has 1 saturated heterocycles. The maximum Gasteiger partial charge on any atom is 0.282 e. The number of likely N-dealkylation sites (tertiary alicyclic amines) is 1. The van der Waals surface area contributed by atoms with E-state index in [-0.39, 0.29) is 11.8 Å². The highest BCUT2D eigenvalue weighted by Crippen LogP contribution is 2.36. The van der Waals surface area contributed by atoms with Crippen LogP contribution in [0.25, 0.3) is 5.57 Å². The zero-order valence-corrected chi connectivity index (χ0v) is 18.6. The molecule has 0 atom stereocenters. The Hall–Kier alpha value is -3.08. The Morgan fingerprint density at radius 2 is 1.55 bits per heavy atom. The summed E-state index contributed by atoms with van der Waals surface area (Å²) in [7, 11) is 0. The van der Waals surface area contributed by atoms with Gasteiger partial charge in [0.15, 0.2) is 0 Å². The van der Waals surface area contributed by atoms with Crippen LogP contribution in [0.2, 0.25) is 0 Å². The molecular weight excluding hydrogens is 388 g/mol. The van der Waals surface area contributed by atoms with Crippen molar-refractivity contribution in [3.05, 3.63) is 65.4 Å². The van der Waals surface area contributed by atoms with Gasteiger partial charge in [0.05, 0.1) is 17.9 Å². The van der Waals surface area contributed by atoms with Crippen LogP contribution in [0.1, 0.15) is 57.1 Å². The monoisotopic (exact) mass is 418 g/mol. The summed E-state index contributed by atoms with van der Waals surface area (Å²) in [6.07, 6.45) is 3.00. The molecule has 0 spiro atoms. The van der Waals surface area contributed by atoms with Gasteiger partial charge in [0.2, 0.25) is 0 Å². The second kappa shape index (κ2) is 8.96. The number of amides is 2. The molecule has 1 fully saturated rings. The van der Waals surface area contributed by atoms with Crippen LogP contribution in [0.3, 0.4) is 0 Å². The van der Waals surface area contributed by atoms with Gasteiger partial charge in [-0.25, -0.2) is 4.90 Å². The van der Waals surface area contributed by atoms with Crippen molar-refractivity contribution in [1.29, 1.82) is 0 Å². The summed E-state index contributed by atoms with van der Waals surface area (Å²) in [6.45, 7) is 8.57. The Bertz CT molecular complexity index is 984. The molecule has 162 valence electrons. The third-order valence-electron chi connectivity index (χ3n) is 5.92. The van der Waals surface area contributed by atoms with Crippen LogP contribution in [0.5, 0.6) is 5.75 Å². The lowest BCUT2D eigenvalue weighted by atomic mass is 10.0. The molecule has 0 saturated carbocycles. The molecule has 0 aromatic heterocycles. The van der Waals surface area contributed by atoms with Crippen molar-refractivity contribution in [3.63, 3.8) is 0 Å². The van der Waals surface area contributed by atoms with Crippen LogP contribution in [0.4, 0.5) is 5.69 Å². The minimum atomic E-state index is -0.258. The Kier molecular flexibility index (Phi) is 6.12. The van der Waals surface area contributed by atoms with Gasteiger partial charge in [-0.15, -0.1) is 0 Å². The normalized spacial score (nSPS) is 16.8. The molecule has 0 N–H and O–H groups in total. The van der Waals surface area contributed by atoms with E-state index in [9.17, 15) is 9.59 Å². The van der Waals surface area contributed by atoms with E-state index in [0.29, 0.717) is 29.5 Å².